The third-order valence-electron chi connectivity index (χ3n) is 9.85. The Kier molecular flexibility index (Phi) is 29.9. The van der Waals surface area contributed by atoms with Crippen molar-refractivity contribution < 1.29 is 197 Å². The van der Waals surface area contributed by atoms with Crippen LogP contribution >= 0.6 is 21.6 Å². The van der Waals surface area contributed by atoms with Crippen LogP contribution in [-0.2, 0) is 62.5 Å². The van der Waals surface area contributed by atoms with E-state index >= 15 is 0 Å². The minimum absolute atomic E-state index is 0. The van der Waals surface area contributed by atoms with Gasteiger partial charge in [-0.2, -0.15) is 0 Å². The number of aliphatic hydroxyl groups excluding tert-OH is 7. The molecule has 3 heterocycles. The van der Waals surface area contributed by atoms with Crippen LogP contribution in [0.2, 0.25) is 0 Å². The minimum atomic E-state index is -5.89. The Morgan fingerprint density at radius 2 is 1.54 bits per heavy atom. The molecule has 67 heavy (non-hydrogen) atoms. The van der Waals surface area contributed by atoms with Gasteiger partial charge in [0.05, 0.1) is 25.3 Å². The van der Waals surface area contributed by atoms with E-state index in [0.29, 0.717) is 23.0 Å². The number of rotatable bonds is 24. The molecule has 3 fully saturated rings. The topological polar surface area (TPSA) is 422 Å². The summed E-state index contributed by atoms with van der Waals surface area (Å²) in [6.45, 7) is -2.18. The summed E-state index contributed by atoms with van der Waals surface area (Å²) in [5.74, 6) is -2.24. The van der Waals surface area contributed by atoms with Crippen LogP contribution in [0.3, 0.4) is 0 Å². The van der Waals surface area contributed by atoms with E-state index < -0.39 is 138 Å². The first kappa shape index (κ1) is 65.4. The number of hydrogen-bond acceptors (Lipinski definition) is 26. The van der Waals surface area contributed by atoms with Gasteiger partial charge < -0.3 is 89.7 Å². The Bertz CT molecular complexity index is 1930. The van der Waals surface area contributed by atoms with Crippen LogP contribution in [0.15, 0.2) is 24.3 Å². The molecule has 1 aromatic rings. The number of nitrogens with one attached hydrogen (secondary N) is 3. The van der Waals surface area contributed by atoms with E-state index in [0.717, 1.165) is 38.4 Å². The van der Waals surface area contributed by atoms with Crippen LogP contribution in [0.1, 0.15) is 39.0 Å². The van der Waals surface area contributed by atoms with E-state index in [2.05, 4.69) is 24.3 Å². The van der Waals surface area contributed by atoms with E-state index in [1.165, 1.54) is 0 Å². The first-order valence-corrected chi connectivity index (χ1v) is 24.5. The molecule has 366 valence electrons. The van der Waals surface area contributed by atoms with Crippen LogP contribution in [0, 0.1) is 0 Å². The second-order valence-corrected chi connectivity index (χ2v) is 19.6. The number of amides is 2. The average Bonchev–Trinajstić information content (AvgIpc) is 3.74. The molecule has 0 spiro atoms. The first-order valence-electron chi connectivity index (χ1n) is 19.4. The van der Waals surface area contributed by atoms with E-state index in [1.54, 1.807) is 24.3 Å². The normalized spacial score (nSPS) is 29.4. The van der Waals surface area contributed by atoms with Crippen LogP contribution in [-0.4, -0.2) is 196 Å². The van der Waals surface area contributed by atoms with Gasteiger partial charge in [0.25, 0.3) is 0 Å². The smallest absolute Gasteiger partial charge is 0.726 e. The van der Waals surface area contributed by atoms with Crippen molar-refractivity contribution in [3.8, 4) is 0 Å². The summed E-state index contributed by atoms with van der Waals surface area (Å²) in [7, 11) is -7.79. The molecule has 1 aromatic carbocycles. The van der Waals surface area contributed by atoms with Gasteiger partial charge in [-0.15, -0.1) is 0 Å². The number of unbranched alkanes of at least 4 members (excludes halogenated alkanes) is 1. The molecular formula is C34H50N3Na3O23S4. The van der Waals surface area contributed by atoms with Crippen molar-refractivity contribution in [2.45, 2.75) is 130 Å². The standard InChI is InChI=1S/C34H53N3O23S4.3Na/c1-15(38)36-23-30(58-34-28(46)26(44)27(45)31(59-34)32(47)48)29(60-64(52,53)54)21(14-56-63(49,50)51)57-33(23)55-13-20(40)25(43)24(42)19(39)12-35-16-5-4-6-17(11-16)37-22(41)8-3-2-7-18-9-10-61-62-18;;;/h4-6,11,18-21,23-31,33-35,39-40,42-46H,2-3,7-10,12-14H2,1H3,(H,36,38)(H,37,41)(H,47,48)(H,49,50,51)(H,52,53,54);;;/q;3*+1/p-3/t18?,19-,20+,21+,23+,24+,25+,26-,27-,28+,29-,30+,31-,33-,34+;;;/m0.../s1. The Labute approximate surface area is 459 Å². The summed E-state index contributed by atoms with van der Waals surface area (Å²) in [4.78, 5) is 36.5. The van der Waals surface area contributed by atoms with Crippen molar-refractivity contribution in [3.63, 3.8) is 0 Å². The molecule has 2 amide bonds. The van der Waals surface area contributed by atoms with Crippen LogP contribution in [0.4, 0.5) is 11.4 Å². The fourth-order valence-electron chi connectivity index (χ4n) is 6.69. The maximum absolute atomic E-state index is 12.5. The third kappa shape index (κ3) is 21.4. The number of anilines is 2. The van der Waals surface area contributed by atoms with Gasteiger partial charge in [-0.05, 0) is 37.5 Å². The Balaban J connectivity index is 0.00000748. The van der Waals surface area contributed by atoms with Crippen LogP contribution < -0.4 is 110 Å². The maximum atomic E-state index is 12.5. The van der Waals surface area contributed by atoms with E-state index in [4.69, 9.17) is 18.9 Å². The maximum Gasteiger partial charge on any atom is 1.00 e. The number of carbonyl (C=O) groups is 3. The molecule has 3 aliphatic heterocycles. The Morgan fingerprint density at radius 1 is 0.881 bits per heavy atom. The summed E-state index contributed by atoms with van der Waals surface area (Å²) in [5.41, 5.74) is 0.822. The van der Waals surface area contributed by atoms with Crippen molar-refractivity contribution in [1.29, 1.82) is 0 Å². The summed E-state index contributed by atoms with van der Waals surface area (Å²) < 4.78 is 99.8. The number of carbonyl (C=O) groups excluding carboxylic acids is 3. The van der Waals surface area contributed by atoms with Gasteiger partial charge in [-0.3, -0.25) is 18.0 Å². The zero-order valence-corrected chi connectivity index (χ0v) is 45.9. The number of aliphatic hydroxyl groups is 7. The van der Waals surface area contributed by atoms with E-state index in [-0.39, 0.29) is 94.6 Å². The largest absolute Gasteiger partial charge is 1.00 e. The Hall–Kier alpha value is 0.430. The monoisotopic (exact) mass is 1070 g/mol. The van der Waals surface area contributed by atoms with Gasteiger partial charge in [-0.25, -0.2) is 16.8 Å². The number of aliphatic carboxylic acids is 1. The van der Waals surface area contributed by atoms with Crippen molar-refractivity contribution >= 4 is 71.5 Å². The number of carboxylic acids is 1. The fraction of sp³-hybridized carbons (Fsp3) is 0.735. The molecule has 0 bridgehead atoms. The predicted molar refractivity (Wildman–Crippen MR) is 214 cm³/mol. The Morgan fingerprint density at radius 3 is 2.13 bits per heavy atom. The molecule has 3 saturated heterocycles. The minimum Gasteiger partial charge on any atom is -0.726 e. The molecule has 4 rings (SSSR count). The van der Waals surface area contributed by atoms with Crippen molar-refractivity contribution in [3.05, 3.63) is 24.3 Å². The van der Waals surface area contributed by atoms with E-state index in [9.17, 15) is 81.2 Å². The molecule has 33 heteroatoms. The second kappa shape index (κ2) is 30.6. The number of carboxylic acid groups (broad SMARTS) is 1. The average molecular weight is 1070 g/mol. The molecule has 1 unspecified atom stereocenters. The molecule has 15 atom stereocenters. The van der Waals surface area contributed by atoms with Crippen LogP contribution in [0.25, 0.3) is 0 Å². The number of benzene rings is 1. The molecule has 0 radical (unpaired) electrons. The van der Waals surface area contributed by atoms with Crippen molar-refractivity contribution in [2.24, 2.45) is 0 Å². The fourth-order valence-corrected chi connectivity index (χ4v) is 10.5. The summed E-state index contributed by atoms with van der Waals surface area (Å²) >= 11 is 0. The predicted octanol–water partition coefficient (Wildman–Crippen LogP) is -14.3. The van der Waals surface area contributed by atoms with Gasteiger partial charge in [-0.1, -0.05) is 34.1 Å². The summed E-state index contributed by atoms with van der Waals surface area (Å²) in [6.07, 6.45) is -25.4. The molecule has 0 aliphatic carbocycles. The van der Waals surface area contributed by atoms with E-state index in [1.807, 2.05) is 21.6 Å². The van der Waals surface area contributed by atoms with Crippen LogP contribution in [0.5, 0.6) is 0 Å². The van der Waals surface area contributed by atoms with Crippen molar-refractivity contribution in [1.82, 2.24) is 5.32 Å². The first-order chi connectivity index (χ1) is 29.9. The molecule has 3 aliphatic rings. The van der Waals surface area contributed by atoms with Gasteiger partial charge in [0.15, 0.2) is 12.6 Å². The third-order valence-corrected chi connectivity index (χ3v) is 13.7. The quantitative estimate of drug-likeness (QED) is 0.0151. The van der Waals surface area contributed by atoms with Gasteiger partial charge >= 0.3 is 88.7 Å². The van der Waals surface area contributed by atoms with Gasteiger partial charge in [0, 0.05) is 42.3 Å². The molecule has 0 aromatic heterocycles. The zero-order valence-electron chi connectivity index (χ0n) is 36.6. The molecular weight excluding hydrogens is 1020 g/mol. The zero-order chi connectivity index (χ0) is 47.5. The van der Waals surface area contributed by atoms with Gasteiger partial charge in [0.1, 0.15) is 67.1 Å². The second-order valence-electron chi connectivity index (χ2n) is 14.8. The SMILES string of the molecule is CC(=O)N[C@H]1[C@@H](OC[C@@H](O)[C@@H](O)[C@H](O)[C@@H](O)CNc2cccc(NC(=O)CCCCC3CCSS3)c2)O[C@H](COS(=O)(=O)[O-])[C@H](OS(=O)(=O)[O-])[C@@H]1O[C@@H]1O[C@H](C(=O)[O-])[C@@H](O)[C@H](O)[C@H]1O.[Na+].[Na+].[Na+]. The molecule has 26 nitrogen and oxygen atoms in total. The summed E-state index contributed by atoms with van der Waals surface area (Å²) in [5, 5.41) is 93.9. The van der Waals surface area contributed by atoms with Crippen molar-refractivity contribution in [2.75, 3.05) is 36.1 Å². The molecule has 0 saturated carbocycles. The van der Waals surface area contributed by atoms with Gasteiger partial charge in [0.2, 0.25) is 32.6 Å². The molecule has 10 N–H and O–H groups in total. The number of ether oxygens (including phenoxy) is 4. The summed E-state index contributed by atoms with van der Waals surface area (Å²) in [6, 6.07) is 4.34. The number of hydrogen-bond donors (Lipinski definition) is 10.